The van der Waals surface area contributed by atoms with Crippen LogP contribution in [-0.4, -0.2) is 27.5 Å². The molecule has 0 radical (unpaired) electrons. The first-order chi connectivity index (χ1) is 11.8. The average Bonchev–Trinajstić information content (AvgIpc) is 3.13. The van der Waals surface area contributed by atoms with Gasteiger partial charge in [-0.1, -0.05) is 18.2 Å². The summed E-state index contributed by atoms with van der Waals surface area (Å²) in [5.41, 5.74) is 2.80. The summed E-state index contributed by atoms with van der Waals surface area (Å²) in [6.45, 7) is 2.94. The molecule has 2 aromatic carbocycles. The minimum atomic E-state index is 0.124. The Kier molecular flexibility index (Phi) is 4.91. The zero-order valence-corrected chi connectivity index (χ0v) is 13.5. The molecule has 5 nitrogen and oxygen atoms in total. The molecule has 0 bridgehead atoms. The quantitative estimate of drug-likeness (QED) is 0.706. The molecule has 0 aliphatic carbocycles. The van der Waals surface area contributed by atoms with Crippen LogP contribution in [0, 0.1) is 0 Å². The number of phenols is 1. The molecule has 3 rings (SSSR count). The molecule has 5 heteroatoms. The molecule has 122 valence electrons. The first-order valence-electron chi connectivity index (χ1n) is 7.80. The highest BCUT2D eigenvalue weighted by Gasteiger charge is 2.05. The second-order valence-corrected chi connectivity index (χ2v) is 5.23. The van der Waals surface area contributed by atoms with Crippen molar-refractivity contribution in [2.75, 3.05) is 6.61 Å². The van der Waals surface area contributed by atoms with Crippen LogP contribution in [0.15, 0.2) is 66.2 Å². The summed E-state index contributed by atoms with van der Waals surface area (Å²) in [6, 6.07) is 13.5. The SMILES string of the molecule is CCOc1cccc(C=NCc2ccc(-n3ccnc3)cc2)c1O. The van der Waals surface area contributed by atoms with Gasteiger partial charge in [-0.25, -0.2) is 4.98 Å². The molecule has 0 atom stereocenters. The van der Waals surface area contributed by atoms with Gasteiger partial charge in [0.25, 0.3) is 0 Å². The van der Waals surface area contributed by atoms with E-state index < -0.39 is 0 Å². The van der Waals surface area contributed by atoms with Gasteiger partial charge >= 0.3 is 0 Å². The van der Waals surface area contributed by atoms with Crippen LogP contribution in [0.1, 0.15) is 18.1 Å². The van der Waals surface area contributed by atoms with Crippen LogP contribution in [0.4, 0.5) is 0 Å². The maximum atomic E-state index is 10.1. The van der Waals surface area contributed by atoms with Crippen molar-refractivity contribution in [3.8, 4) is 17.2 Å². The number of hydrogen-bond acceptors (Lipinski definition) is 4. The molecule has 24 heavy (non-hydrogen) atoms. The Morgan fingerprint density at radius 1 is 1.21 bits per heavy atom. The Morgan fingerprint density at radius 2 is 2.04 bits per heavy atom. The number of rotatable bonds is 6. The number of aromatic nitrogens is 2. The van der Waals surface area contributed by atoms with Crippen LogP contribution < -0.4 is 4.74 Å². The van der Waals surface area contributed by atoms with Crippen molar-refractivity contribution < 1.29 is 9.84 Å². The smallest absolute Gasteiger partial charge is 0.166 e. The fourth-order valence-corrected chi connectivity index (χ4v) is 2.35. The number of aromatic hydroxyl groups is 1. The minimum absolute atomic E-state index is 0.124. The molecule has 0 fully saturated rings. The lowest BCUT2D eigenvalue weighted by Gasteiger charge is -2.07. The van der Waals surface area contributed by atoms with E-state index in [-0.39, 0.29) is 5.75 Å². The highest BCUT2D eigenvalue weighted by molar-refractivity contribution is 5.84. The number of nitrogens with zero attached hydrogens (tertiary/aromatic N) is 3. The van der Waals surface area contributed by atoms with E-state index >= 15 is 0 Å². The summed E-state index contributed by atoms with van der Waals surface area (Å²) in [6.07, 6.45) is 7.09. The van der Waals surface area contributed by atoms with E-state index in [9.17, 15) is 5.11 Å². The van der Waals surface area contributed by atoms with Gasteiger partial charge in [-0.2, -0.15) is 0 Å². The van der Waals surface area contributed by atoms with Gasteiger partial charge in [0.15, 0.2) is 11.5 Å². The molecule has 0 unspecified atom stereocenters. The van der Waals surface area contributed by atoms with Crippen LogP contribution in [0.2, 0.25) is 0 Å². The first-order valence-corrected chi connectivity index (χ1v) is 7.80. The maximum absolute atomic E-state index is 10.1. The van der Waals surface area contributed by atoms with E-state index in [0.717, 1.165) is 11.3 Å². The number of ether oxygens (including phenoxy) is 1. The van der Waals surface area contributed by atoms with Gasteiger partial charge in [0.1, 0.15) is 0 Å². The summed E-state index contributed by atoms with van der Waals surface area (Å²) in [5.74, 6) is 0.602. The summed E-state index contributed by atoms with van der Waals surface area (Å²) < 4.78 is 7.32. The molecule has 3 aromatic rings. The molecule has 0 saturated carbocycles. The van der Waals surface area contributed by atoms with E-state index in [1.54, 1.807) is 24.8 Å². The van der Waals surface area contributed by atoms with Gasteiger partial charge in [-0.05, 0) is 36.8 Å². The number of aliphatic imine (C=N–C) groups is 1. The molecule has 1 aromatic heterocycles. The fraction of sp³-hybridized carbons (Fsp3) is 0.158. The minimum Gasteiger partial charge on any atom is -0.504 e. The Bertz CT molecular complexity index is 809. The standard InChI is InChI=1S/C19H19N3O2/c1-2-24-18-5-3-4-16(19(18)23)13-21-12-15-6-8-17(9-7-15)22-11-10-20-14-22/h3-11,13-14,23H,2,12H2,1H3. The number of phenolic OH excluding ortho intramolecular Hbond substituents is 1. The third-order valence-electron chi connectivity index (χ3n) is 3.57. The number of hydrogen-bond donors (Lipinski definition) is 1. The zero-order valence-electron chi connectivity index (χ0n) is 13.5. The number of para-hydroxylation sites is 1. The maximum Gasteiger partial charge on any atom is 0.166 e. The van der Waals surface area contributed by atoms with Crippen LogP contribution in [0.5, 0.6) is 11.5 Å². The van der Waals surface area contributed by atoms with E-state index in [1.807, 2.05) is 54.1 Å². The lowest BCUT2D eigenvalue weighted by Crippen LogP contribution is -1.94. The lowest BCUT2D eigenvalue weighted by molar-refractivity contribution is 0.318. The van der Waals surface area contributed by atoms with Crippen molar-refractivity contribution in [3.63, 3.8) is 0 Å². The van der Waals surface area contributed by atoms with Gasteiger partial charge in [0.2, 0.25) is 0 Å². The van der Waals surface area contributed by atoms with Crippen molar-refractivity contribution in [2.24, 2.45) is 4.99 Å². The molecular weight excluding hydrogens is 302 g/mol. The second kappa shape index (κ2) is 7.46. The summed E-state index contributed by atoms with van der Waals surface area (Å²) >= 11 is 0. The Morgan fingerprint density at radius 3 is 2.75 bits per heavy atom. The van der Waals surface area contributed by atoms with Crippen molar-refractivity contribution in [3.05, 3.63) is 72.3 Å². The van der Waals surface area contributed by atoms with Crippen LogP contribution in [-0.2, 0) is 6.54 Å². The van der Waals surface area contributed by atoms with Crippen LogP contribution >= 0.6 is 0 Å². The second-order valence-electron chi connectivity index (χ2n) is 5.23. The van der Waals surface area contributed by atoms with Crippen molar-refractivity contribution in [2.45, 2.75) is 13.5 Å². The molecule has 1 heterocycles. The van der Waals surface area contributed by atoms with E-state index in [1.165, 1.54) is 0 Å². The lowest BCUT2D eigenvalue weighted by atomic mass is 10.2. The zero-order chi connectivity index (χ0) is 16.8. The topological polar surface area (TPSA) is 59.6 Å². The highest BCUT2D eigenvalue weighted by Crippen LogP contribution is 2.28. The highest BCUT2D eigenvalue weighted by atomic mass is 16.5. The number of imidazole rings is 1. The molecule has 0 amide bonds. The number of benzene rings is 2. The van der Waals surface area contributed by atoms with Gasteiger partial charge in [-0.3, -0.25) is 4.99 Å². The summed E-state index contributed by atoms with van der Waals surface area (Å²) in [5, 5.41) is 10.1. The molecule has 0 aliphatic rings. The third-order valence-corrected chi connectivity index (χ3v) is 3.57. The average molecular weight is 321 g/mol. The normalized spacial score (nSPS) is 11.0. The van der Waals surface area contributed by atoms with Gasteiger partial charge in [0, 0.05) is 29.9 Å². The van der Waals surface area contributed by atoms with Gasteiger partial charge in [-0.15, -0.1) is 0 Å². The third kappa shape index (κ3) is 3.63. The molecule has 0 spiro atoms. The van der Waals surface area contributed by atoms with Gasteiger partial charge < -0.3 is 14.4 Å². The predicted molar refractivity (Wildman–Crippen MR) is 94.1 cm³/mol. The van der Waals surface area contributed by atoms with Crippen LogP contribution in [0.3, 0.4) is 0 Å². The summed E-state index contributed by atoms with van der Waals surface area (Å²) in [4.78, 5) is 8.44. The molecular formula is C19H19N3O2. The van der Waals surface area contributed by atoms with E-state index in [0.29, 0.717) is 24.5 Å². The molecule has 0 aliphatic heterocycles. The Balaban J connectivity index is 1.67. The molecule has 1 N–H and O–H groups in total. The predicted octanol–water partition coefficient (Wildman–Crippen LogP) is 3.60. The molecule has 0 saturated heterocycles. The Hall–Kier alpha value is -3.08. The van der Waals surface area contributed by atoms with Crippen molar-refractivity contribution >= 4 is 6.21 Å². The van der Waals surface area contributed by atoms with Crippen molar-refractivity contribution in [1.82, 2.24) is 9.55 Å². The first kappa shape index (κ1) is 15.8. The van der Waals surface area contributed by atoms with Crippen molar-refractivity contribution in [1.29, 1.82) is 0 Å². The van der Waals surface area contributed by atoms with E-state index in [4.69, 9.17) is 4.74 Å². The summed E-state index contributed by atoms with van der Waals surface area (Å²) in [7, 11) is 0. The largest absolute Gasteiger partial charge is 0.504 e. The van der Waals surface area contributed by atoms with E-state index in [2.05, 4.69) is 9.98 Å². The van der Waals surface area contributed by atoms with Crippen LogP contribution in [0.25, 0.3) is 5.69 Å². The van der Waals surface area contributed by atoms with Gasteiger partial charge in [0.05, 0.1) is 19.5 Å². The Labute approximate surface area is 140 Å². The monoisotopic (exact) mass is 321 g/mol. The fourth-order valence-electron chi connectivity index (χ4n) is 2.35.